The number of aliphatic imine (C=N–C) groups is 1. The van der Waals surface area contributed by atoms with Crippen LogP contribution in [0.25, 0.3) is 0 Å². The molecule has 0 spiro atoms. The van der Waals surface area contributed by atoms with E-state index in [-0.39, 0.29) is 12.5 Å². The zero-order chi connectivity index (χ0) is 14.6. The molecule has 3 aliphatic rings. The first-order valence-electron chi connectivity index (χ1n) is 6.79. The molecule has 3 N–H and O–H groups in total. The minimum absolute atomic E-state index is 0.246. The average molecular weight is 293 g/mol. The molecule has 1 aromatic rings. The normalized spacial score (nSPS) is 34.0. The molecule has 4 rings (SSSR count). The van der Waals surface area contributed by atoms with E-state index in [0.29, 0.717) is 24.5 Å². The van der Waals surface area contributed by atoms with Crippen molar-refractivity contribution >= 4 is 17.9 Å². The van der Waals surface area contributed by atoms with E-state index < -0.39 is 24.7 Å². The Kier molecular flexibility index (Phi) is 2.74. The number of aromatic nitrogens is 2. The first-order chi connectivity index (χ1) is 10.2. The molecule has 4 heterocycles. The third-order valence-corrected chi connectivity index (χ3v) is 4.03. The molecule has 1 amide bonds. The molecule has 9 heteroatoms. The van der Waals surface area contributed by atoms with E-state index in [1.54, 1.807) is 10.8 Å². The summed E-state index contributed by atoms with van der Waals surface area (Å²) in [6.07, 6.45) is 1.38. The molecule has 0 radical (unpaired) electrons. The summed E-state index contributed by atoms with van der Waals surface area (Å²) >= 11 is 0. The number of carbonyl (C=O) groups is 1. The van der Waals surface area contributed by atoms with Crippen LogP contribution >= 0.6 is 0 Å². The molecular weight excluding hydrogens is 278 g/mol. The summed E-state index contributed by atoms with van der Waals surface area (Å²) in [5.41, 5.74) is 0.322. The van der Waals surface area contributed by atoms with Gasteiger partial charge in [-0.1, -0.05) is 0 Å². The number of imidazole rings is 1. The Morgan fingerprint density at radius 3 is 3.14 bits per heavy atom. The van der Waals surface area contributed by atoms with Gasteiger partial charge in [0.25, 0.3) is 5.91 Å². The number of carbonyl (C=O) groups excluding carboxylic acids is 1. The lowest BCUT2D eigenvalue weighted by Gasteiger charge is -2.31. The largest absolute Gasteiger partial charge is 0.394 e. The molecule has 0 bridgehead atoms. The van der Waals surface area contributed by atoms with Crippen LogP contribution in [0, 0.1) is 0 Å². The second-order valence-corrected chi connectivity index (χ2v) is 5.27. The van der Waals surface area contributed by atoms with Crippen LogP contribution in [0.2, 0.25) is 0 Å². The van der Waals surface area contributed by atoms with Crippen molar-refractivity contribution in [2.24, 2.45) is 4.99 Å². The molecule has 21 heavy (non-hydrogen) atoms. The maximum absolute atomic E-state index is 12.0. The highest BCUT2D eigenvalue weighted by Gasteiger charge is 2.41. The number of aliphatic hydroxyl groups excluding tert-OH is 2. The minimum Gasteiger partial charge on any atom is -0.394 e. The van der Waals surface area contributed by atoms with Gasteiger partial charge < -0.3 is 25.2 Å². The lowest BCUT2D eigenvalue weighted by Crippen LogP contribution is -2.50. The van der Waals surface area contributed by atoms with Crippen LogP contribution in [0.3, 0.4) is 0 Å². The Morgan fingerprint density at radius 2 is 2.38 bits per heavy atom. The Labute approximate surface area is 119 Å². The van der Waals surface area contributed by atoms with Crippen molar-refractivity contribution in [3.05, 3.63) is 12.0 Å². The van der Waals surface area contributed by atoms with Gasteiger partial charge in [-0.3, -0.25) is 14.4 Å². The number of ether oxygens (including phenoxy) is 1. The van der Waals surface area contributed by atoms with Gasteiger partial charge in [-0.15, -0.1) is 0 Å². The van der Waals surface area contributed by atoms with Crippen molar-refractivity contribution in [1.29, 1.82) is 0 Å². The van der Waals surface area contributed by atoms with E-state index in [9.17, 15) is 15.0 Å². The molecule has 1 aromatic heterocycles. The fraction of sp³-hybridized carbons (Fsp3) is 0.583. The third kappa shape index (κ3) is 1.78. The van der Waals surface area contributed by atoms with Crippen LogP contribution in [0.4, 0.5) is 5.82 Å². The van der Waals surface area contributed by atoms with E-state index in [1.165, 1.54) is 6.33 Å². The zero-order valence-corrected chi connectivity index (χ0v) is 11.1. The van der Waals surface area contributed by atoms with Gasteiger partial charge in [-0.05, 0) is 0 Å². The fourth-order valence-electron chi connectivity index (χ4n) is 2.98. The lowest BCUT2D eigenvalue weighted by atomic mass is 10.2. The van der Waals surface area contributed by atoms with Crippen LogP contribution < -0.4 is 10.2 Å². The first-order valence-corrected chi connectivity index (χ1v) is 6.79. The number of anilines is 1. The summed E-state index contributed by atoms with van der Waals surface area (Å²) in [6.45, 7) is 0.326. The summed E-state index contributed by atoms with van der Waals surface area (Å²) in [5, 5.41) is 21.8. The number of amides is 1. The summed E-state index contributed by atoms with van der Waals surface area (Å²) in [4.78, 5) is 22.3. The third-order valence-electron chi connectivity index (χ3n) is 4.03. The highest BCUT2D eigenvalue weighted by Crippen LogP contribution is 2.36. The highest BCUT2D eigenvalue weighted by molar-refractivity contribution is 6.00. The van der Waals surface area contributed by atoms with E-state index >= 15 is 0 Å². The summed E-state index contributed by atoms with van der Waals surface area (Å²) in [6, 6.07) is 0. The van der Waals surface area contributed by atoms with Crippen LogP contribution in [-0.4, -0.2) is 63.5 Å². The van der Waals surface area contributed by atoms with E-state index in [2.05, 4.69) is 15.3 Å². The van der Waals surface area contributed by atoms with Crippen molar-refractivity contribution < 1.29 is 19.7 Å². The quantitative estimate of drug-likeness (QED) is 0.608. The molecular formula is C12H15N5O4. The van der Waals surface area contributed by atoms with E-state index in [1.807, 2.05) is 4.90 Å². The van der Waals surface area contributed by atoms with Gasteiger partial charge in [0, 0.05) is 12.6 Å². The number of fused-ring (bicyclic) bond motifs is 3. The van der Waals surface area contributed by atoms with Crippen molar-refractivity contribution in [2.45, 2.75) is 31.1 Å². The average Bonchev–Trinajstić information content (AvgIpc) is 3.14. The highest BCUT2D eigenvalue weighted by atomic mass is 16.5. The molecule has 4 atom stereocenters. The van der Waals surface area contributed by atoms with Gasteiger partial charge >= 0.3 is 0 Å². The van der Waals surface area contributed by atoms with Crippen LogP contribution in [0.1, 0.15) is 23.1 Å². The van der Waals surface area contributed by atoms with Gasteiger partial charge in [-0.2, -0.15) is 0 Å². The molecule has 0 aromatic carbocycles. The monoisotopic (exact) mass is 293 g/mol. The lowest BCUT2D eigenvalue weighted by molar-refractivity contribution is -0.0440. The van der Waals surface area contributed by atoms with Crippen molar-refractivity contribution in [3.8, 4) is 0 Å². The maximum atomic E-state index is 12.0. The van der Waals surface area contributed by atoms with Crippen molar-refractivity contribution in [1.82, 2.24) is 14.9 Å². The second kappa shape index (κ2) is 4.52. The van der Waals surface area contributed by atoms with Crippen LogP contribution in [-0.2, 0) is 4.74 Å². The topological polar surface area (TPSA) is 112 Å². The number of hydrogen-bond donors (Lipinski definition) is 3. The smallest absolute Gasteiger partial charge is 0.276 e. The molecule has 1 saturated heterocycles. The number of aliphatic hydroxyl groups is 2. The first kappa shape index (κ1) is 12.7. The Morgan fingerprint density at radius 1 is 1.52 bits per heavy atom. The van der Waals surface area contributed by atoms with Crippen LogP contribution in [0.5, 0.6) is 0 Å². The Hall–Kier alpha value is -1.97. The van der Waals surface area contributed by atoms with Crippen molar-refractivity contribution in [3.63, 3.8) is 0 Å². The maximum Gasteiger partial charge on any atom is 0.276 e. The van der Waals surface area contributed by atoms with E-state index in [4.69, 9.17) is 4.74 Å². The predicted octanol–water partition coefficient (Wildman–Crippen LogP) is -1.56. The van der Waals surface area contributed by atoms with Gasteiger partial charge in [0.05, 0.1) is 25.6 Å². The molecule has 3 aliphatic heterocycles. The minimum atomic E-state index is -0.735. The molecule has 9 nitrogen and oxygen atoms in total. The SMILES string of the molecule is O=C1NC2N=CCN2c2c1ncn2[C@H]1C[C@H](O)[C@@H](CO)O1. The van der Waals surface area contributed by atoms with Gasteiger partial charge in [0.15, 0.2) is 12.0 Å². The molecule has 0 aliphatic carbocycles. The molecule has 0 saturated carbocycles. The van der Waals surface area contributed by atoms with Gasteiger partial charge in [0.1, 0.15) is 18.1 Å². The molecule has 1 unspecified atom stereocenters. The second-order valence-electron chi connectivity index (χ2n) is 5.27. The van der Waals surface area contributed by atoms with Gasteiger partial charge in [-0.25, -0.2) is 4.98 Å². The summed E-state index contributed by atoms with van der Waals surface area (Å²) in [5.74, 6) is 0.360. The summed E-state index contributed by atoms with van der Waals surface area (Å²) < 4.78 is 7.37. The van der Waals surface area contributed by atoms with Crippen molar-refractivity contribution in [2.75, 3.05) is 18.1 Å². The zero-order valence-electron chi connectivity index (χ0n) is 11.1. The van der Waals surface area contributed by atoms with E-state index in [0.717, 1.165) is 0 Å². The number of nitrogens with one attached hydrogen (secondary N) is 1. The molecule has 112 valence electrons. The summed E-state index contributed by atoms with van der Waals surface area (Å²) in [7, 11) is 0. The van der Waals surface area contributed by atoms with Gasteiger partial charge in [0.2, 0.25) is 0 Å². The number of rotatable bonds is 2. The standard InChI is InChI=1S/C12H15N5O4/c18-4-7-6(19)3-8(21-7)17-5-14-9-10(20)15-12-13-1-2-16(12)11(9)17/h1,5-8,12,18-19H,2-4H2,(H,15,20)/t6-,7+,8+,12?/m0/s1. The Balaban J connectivity index is 1.71. The van der Waals surface area contributed by atoms with Crippen LogP contribution in [0.15, 0.2) is 11.3 Å². The number of hydrogen-bond acceptors (Lipinski definition) is 7. The molecule has 1 fully saturated rings. The number of nitrogens with zero attached hydrogens (tertiary/aromatic N) is 4. The Bertz CT molecular complexity index is 615. The predicted molar refractivity (Wildman–Crippen MR) is 70.9 cm³/mol. The fourth-order valence-corrected chi connectivity index (χ4v) is 2.98.